The topological polar surface area (TPSA) is 35.5 Å². The van der Waals surface area contributed by atoms with Crippen molar-refractivity contribution >= 4 is 5.97 Å². The van der Waals surface area contributed by atoms with Gasteiger partial charge < -0.3 is 9.47 Å². The molecule has 1 fully saturated rings. The summed E-state index contributed by atoms with van der Waals surface area (Å²) >= 11 is 0. The standard InChI is InChI=1S/C15H28O3/c1-6-17-13-8-7-9-15(13,12(4)5)14(16)18-10-11(2)3/h11-13H,6-10H2,1-5H3. The van der Waals surface area contributed by atoms with E-state index in [1.807, 2.05) is 6.92 Å². The molecule has 3 heteroatoms. The molecule has 0 saturated heterocycles. The SMILES string of the molecule is CCOC1CCCC1(C(=O)OCC(C)C)C(C)C. The zero-order valence-corrected chi connectivity index (χ0v) is 12.5. The third-order valence-corrected chi connectivity index (χ3v) is 3.96. The molecule has 2 atom stereocenters. The summed E-state index contributed by atoms with van der Waals surface area (Å²) in [6.45, 7) is 11.5. The monoisotopic (exact) mass is 256 g/mol. The van der Waals surface area contributed by atoms with E-state index in [1.165, 1.54) is 0 Å². The van der Waals surface area contributed by atoms with Crippen LogP contribution >= 0.6 is 0 Å². The van der Waals surface area contributed by atoms with Gasteiger partial charge in [0, 0.05) is 6.61 Å². The predicted molar refractivity (Wildman–Crippen MR) is 72.3 cm³/mol. The average Bonchev–Trinajstić information content (AvgIpc) is 2.71. The fourth-order valence-electron chi connectivity index (χ4n) is 2.94. The van der Waals surface area contributed by atoms with Crippen LogP contribution in [0, 0.1) is 17.3 Å². The Bertz CT molecular complexity index is 273. The maximum Gasteiger partial charge on any atom is 0.314 e. The first-order valence-corrected chi connectivity index (χ1v) is 7.24. The van der Waals surface area contributed by atoms with Gasteiger partial charge in [-0.3, -0.25) is 4.79 Å². The van der Waals surface area contributed by atoms with Crippen LogP contribution in [-0.4, -0.2) is 25.3 Å². The molecule has 0 aliphatic heterocycles. The molecule has 1 aliphatic carbocycles. The fraction of sp³-hybridized carbons (Fsp3) is 0.933. The van der Waals surface area contributed by atoms with Crippen LogP contribution in [-0.2, 0) is 14.3 Å². The van der Waals surface area contributed by atoms with Gasteiger partial charge in [-0.05, 0) is 38.0 Å². The van der Waals surface area contributed by atoms with E-state index >= 15 is 0 Å². The summed E-state index contributed by atoms with van der Waals surface area (Å²) in [6, 6.07) is 0. The summed E-state index contributed by atoms with van der Waals surface area (Å²) < 4.78 is 11.3. The van der Waals surface area contributed by atoms with Crippen LogP contribution in [0.5, 0.6) is 0 Å². The molecule has 1 saturated carbocycles. The van der Waals surface area contributed by atoms with Gasteiger partial charge in [0.05, 0.1) is 18.1 Å². The van der Waals surface area contributed by atoms with Gasteiger partial charge in [-0.2, -0.15) is 0 Å². The van der Waals surface area contributed by atoms with Gasteiger partial charge in [-0.25, -0.2) is 0 Å². The zero-order valence-electron chi connectivity index (χ0n) is 12.5. The first-order valence-electron chi connectivity index (χ1n) is 7.24. The third-order valence-electron chi connectivity index (χ3n) is 3.96. The fourth-order valence-corrected chi connectivity index (χ4v) is 2.94. The summed E-state index contributed by atoms with van der Waals surface area (Å²) in [6.07, 6.45) is 2.96. The number of hydrogen-bond acceptors (Lipinski definition) is 3. The third kappa shape index (κ3) is 3.05. The molecule has 2 unspecified atom stereocenters. The number of carbonyl (C=O) groups is 1. The first kappa shape index (κ1) is 15.5. The van der Waals surface area contributed by atoms with Crippen molar-refractivity contribution in [1.82, 2.24) is 0 Å². The number of ether oxygens (including phenoxy) is 2. The second-order valence-corrected chi connectivity index (χ2v) is 6.02. The molecule has 18 heavy (non-hydrogen) atoms. The van der Waals surface area contributed by atoms with E-state index in [0.29, 0.717) is 19.1 Å². The van der Waals surface area contributed by atoms with Crippen LogP contribution in [0.25, 0.3) is 0 Å². The van der Waals surface area contributed by atoms with Crippen molar-refractivity contribution in [3.05, 3.63) is 0 Å². The lowest BCUT2D eigenvalue weighted by atomic mass is 9.74. The molecule has 0 bridgehead atoms. The van der Waals surface area contributed by atoms with Crippen LogP contribution < -0.4 is 0 Å². The van der Waals surface area contributed by atoms with Gasteiger partial charge in [0.25, 0.3) is 0 Å². The minimum atomic E-state index is -0.426. The smallest absolute Gasteiger partial charge is 0.314 e. The Labute approximate surface area is 111 Å². The van der Waals surface area contributed by atoms with E-state index in [1.54, 1.807) is 0 Å². The lowest BCUT2D eigenvalue weighted by Gasteiger charge is -2.36. The summed E-state index contributed by atoms with van der Waals surface area (Å²) in [5, 5.41) is 0. The molecule has 0 N–H and O–H groups in total. The van der Waals surface area contributed by atoms with Crippen LogP contribution in [0.2, 0.25) is 0 Å². The van der Waals surface area contributed by atoms with Gasteiger partial charge in [-0.15, -0.1) is 0 Å². The highest BCUT2D eigenvalue weighted by Gasteiger charge is 2.53. The highest BCUT2D eigenvalue weighted by atomic mass is 16.5. The van der Waals surface area contributed by atoms with Gasteiger partial charge in [0.2, 0.25) is 0 Å². The quantitative estimate of drug-likeness (QED) is 0.683. The molecule has 3 nitrogen and oxygen atoms in total. The molecular weight excluding hydrogens is 228 g/mol. The van der Waals surface area contributed by atoms with Crippen LogP contribution in [0.4, 0.5) is 0 Å². The molecule has 1 rings (SSSR count). The van der Waals surface area contributed by atoms with E-state index in [0.717, 1.165) is 19.3 Å². The second-order valence-electron chi connectivity index (χ2n) is 6.02. The minimum Gasteiger partial charge on any atom is -0.465 e. The Balaban J connectivity index is 2.82. The van der Waals surface area contributed by atoms with Crippen molar-refractivity contribution in [1.29, 1.82) is 0 Å². The highest BCUT2D eigenvalue weighted by Crippen LogP contribution is 2.47. The lowest BCUT2D eigenvalue weighted by molar-refractivity contribution is -0.170. The minimum absolute atomic E-state index is 0.0298. The van der Waals surface area contributed by atoms with E-state index in [4.69, 9.17) is 9.47 Å². The van der Waals surface area contributed by atoms with E-state index in [-0.39, 0.29) is 18.0 Å². The first-order chi connectivity index (χ1) is 8.45. The second kappa shape index (κ2) is 6.55. The Morgan fingerprint density at radius 2 is 2.00 bits per heavy atom. The summed E-state index contributed by atoms with van der Waals surface area (Å²) in [4.78, 5) is 12.5. The number of carbonyl (C=O) groups excluding carboxylic acids is 1. The average molecular weight is 256 g/mol. The number of esters is 1. The van der Waals surface area contributed by atoms with Crippen LogP contribution in [0.1, 0.15) is 53.9 Å². The van der Waals surface area contributed by atoms with Crippen molar-refractivity contribution in [2.24, 2.45) is 17.3 Å². The van der Waals surface area contributed by atoms with Crippen LogP contribution in [0.3, 0.4) is 0 Å². The molecule has 0 aromatic carbocycles. The van der Waals surface area contributed by atoms with E-state index in [2.05, 4.69) is 27.7 Å². The maximum atomic E-state index is 12.5. The number of rotatable bonds is 6. The van der Waals surface area contributed by atoms with Gasteiger partial charge in [0.1, 0.15) is 0 Å². The zero-order chi connectivity index (χ0) is 13.8. The Morgan fingerprint density at radius 3 is 2.50 bits per heavy atom. The van der Waals surface area contributed by atoms with E-state index in [9.17, 15) is 4.79 Å². The Hall–Kier alpha value is -0.570. The highest BCUT2D eigenvalue weighted by molar-refractivity contribution is 5.78. The van der Waals surface area contributed by atoms with Crippen molar-refractivity contribution < 1.29 is 14.3 Å². The Kier molecular flexibility index (Phi) is 5.64. The summed E-state index contributed by atoms with van der Waals surface area (Å²) in [5.41, 5.74) is -0.426. The van der Waals surface area contributed by atoms with E-state index < -0.39 is 5.41 Å². The maximum absolute atomic E-state index is 12.5. The summed E-state index contributed by atoms with van der Waals surface area (Å²) in [5.74, 6) is 0.587. The molecule has 0 radical (unpaired) electrons. The van der Waals surface area contributed by atoms with Gasteiger partial charge in [-0.1, -0.05) is 27.7 Å². The Morgan fingerprint density at radius 1 is 1.33 bits per heavy atom. The normalized spacial score (nSPS) is 28.1. The van der Waals surface area contributed by atoms with Crippen molar-refractivity contribution in [3.8, 4) is 0 Å². The molecule has 106 valence electrons. The van der Waals surface area contributed by atoms with Gasteiger partial charge in [0.15, 0.2) is 0 Å². The van der Waals surface area contributed by atoms with Crippen LogP contribution in [0.15, 0.2) is 0 Å². The largest absolute Gasteiger partial charge is 0.465 e. The van der Waals surface area contributed by atoms with Crippen molar-refractivity contribution in [3.63, 3.8) is 0 Å². The van der Waals surface area contributed by atoms with Crippen molar-refractivity contribution in [2.45, 2.75) is 60.0 Å². The summed E-state index contributed by atoms with van der Waals surface area (Å²) in [7, 11) is 0. The van der Waals surface area contributed by atoms with Crippen molar-refractivity contribution in [2.75, 3.05) is 13.2 Å². The molecule has 0 aromatic heterocycles. The predicted octanol–water partition coefficient (Wildman–Crippen LogP) is 3.42. The number of hydrogen-bond donors (Lipinski definition) is 0. The molecule has 0 aromatic rings. The molecule has 0 heterocycles. The molecular formula is C15H28O3. The molecule has 0 amide bonds. The molecule has 1 aliphatic rings. The van der Waals surface area contributed by atoms with Gasteiger partial charge >= 0.3 is 5.97 Å². The lowest BCUT2D eigenvalue weighted by Crippen LogP contribution is -2.45. The molecule has 0 spiro atoms.